The first-order chi connectivity index (χ1) is 13.2. The molecule has 150 valence electrons. The van der Waals surface area contributed by atoms with Crippen LogP contribution < -0.4 is 4.74 Å². The first kappa shape index (κ1) is 20.6. The average Bonchev–Trinajstić information content (AvgIpc) is 2.66. The number of hydrogen-bond acceptors (Lipinski definition) is 3. The summed E-state index contributed by atoms with van der Waals surface area (Å²) < 4.78 is 57.6. The molecule has 0 atom stereocenters. The van der Waals surface area contributed by atoms with E-state index in [1.54, 1.807) is 23.1 Å². The van der Waals surface area contributed by atoms with E-state index in [0.29, 0.717) is 36.0 Å². The van der Waals surface area contributed by atoms with Gasteiger partial charge in [0.15, 0.2) is 0 Å². The third-order valence-electron chi connectivity index (χ3n) is 4.52. The van der Waals surface area contributed by atoms with E-state index >= 15 is 0 Å². The normalized spacial score (nSPS) is 15.5. The Kier molecular flexibility index (Phi) is 6.22. The highest BCUT2D eigenvalue weighted by Crippen LogP contribution is 2.29. The van der Waals surface area contributed by atoms with Crippen LogP contribution in [0.5, 0.6) is 5.88 Å². The lowest BCUT2D eigenvalue weighted by atomic mass is 10.1. The van der Waals surface area contributed by atoms with Crippen LogP contribution in [0, 0.1) is 5.82 Å². The van der Waals surface area contributed by atoms with Crippen molar-refractivity contribution in [1.29, 1.82) is 0 Å². The lowest BCUT2D eigenvalue weighted by Gasteiger charge is -2.32. The molecule has 0 unspecified atom stereocenters. The van der Waals surface area contributed by atoms with Crippen molar-refractivity contribution in [1.82, 2.24) is 9.88 Å². The number of piperidine rings is 1. The predicted molar refractivity (Wildman–Crippen MR) is 97.3 cm³/mol. The molecule has 1 amide bonds. The minimum Gasteiger partial charge on any atom is -0.474 e. The summed E-state index contributed by atoms with van der Waals surface area (Å²) in [5.74, 6) is -0.500. The number of pyridine rings is 1. The van der Waals surface area contributed by atoms with Crippen molar-refractivity contribution < 1.29 is 27.1 Å². The van der Waals surface area contributed by atoms with Crippen LogP contribution in [0.3, 0.4) is 0 Å². The topological polar surface area (TPSA) is 42.4 Å². The van der Waals surface area contributed by atoms with Crippen LogP contribution in [-0.4, -0.2) is 35.0 Å². The number of ether oxygens (including phenoxy) is 1. The van der Waals surface area contributed by atoms with Gasteiger partial charge in [-0.1, -0.05) is 12.1 Å². The molecule has 1 aliphatic heterocycles. The molecular weight excluding hydrogens is 444 g/mol. The lowest BCUT2D eigenvalue weighted by molar-refractivity contribution is -0.137. The fourth-order valence-corrected chi connectivity index (χ4v) is 3.38. The van der Waals surface area contributed by atoms with Crippen molar-refractivity contribution in [3.05, 3.63) is 57.9 Å². The van der Waals surface area contributed by atoms with Crippen molar-refractivity contribution in [2.24, 2.45) is 0 Å². The van der Waals surface area contributed by atoms with Crippen molar-refractivity contribution in [3.8, 4) is 5.88 Å². The smallest absolute Gasteiger partial charge is 0.417 e. The molecule has 1 aromatic heterocycles. The van der Waals surface area contributed by atoms with Gasteiger partial charge >= 0.3 is 6.18 Å². The van der Waals surface area contributed by atoms with Gasteiger partial charge in [-0.2, -0.15) is 13.2 Å². The number of rotatable bonds is 4. The number of carbonyl (C=O) groups is 1. The maximum atomic E-state index is 14.0. The number of amides is 1. The van der Waals surface area contributed by atoms with E-state index in [4.69, 9.17) is 4.74 Å². The average molecular weight is 461 g/mol. The molecule has 0 saturated carbocycles. The second-order valence-electron chi connectivity index (χ2n) is 6.47. The van der Waals surface area contributed by atoms with E-state index in [9.17, 15) is 22.4 Å². The minimum absolute atomic E-state index is 0.0305. The summed E-state index contributed by atoms with van der Waals surface area (Å²) in [6, 6.07) is 6.93. The summed E-state index contributed by atoms with van der Waals surface area (Å²) in [4.78, 5) is 17.7. The summed E-state index contributed by atoms with van der Waals surface area (Å²) in [6.45, 7) is 0.861. The number of benzene rings is 1. The number of hydrogen-bond donors (Lipinski definition) is 0. The third kappa shape index (κ3) is 5.01. The molecular formula is C19H17BrF4N2O2. The van der Waals surface area contributed by atoms with Crippen molar-refractivity contribution >= 4 is 21.8 Å². The van der Waals surface area contributed by atoms with Crippen molar-refractivity contribution in [3.63, 3.8) is 0 Å². The van der Waals surface area contributed by atoms with Gasteiger partial charge in [-0.05, 0) is 33.6 Å². The van der Waals surface area contributed by atoms with Crippen LogP contribution in [0.2, 0.25) is 0 Å². The molecule has 0 N–H and O–H groups in total. The molecule has 0 bridgehead atoms. The van der Waals surface area contributed by atoms with Gasteiger partial charge < -0.3 is 9.64 Å². The van der Waals surface area contributed by atoms with Gasteiger partial charge in [-0.15, -0.1) is 0 Å². The molecule has 2 aromatic rings. The van der Waals surface area contributed by atoms with Crippen LogP contribution in [0.25, 0.3) is 0 Å². The molecule has 9 heteroatoms. The van der Waals surface area contributed by atoms with Gasteiger partial charge in [0.05, 0.1) is 16.5 Å². The SMILES string of the molecule is O=C(Cc1cccc(Br)c1F)N1CCC(Oc2ccc(C(F)(F)F)cn2)CC1. The van der Waals surface area contributed by atoms with Gasteiger partial charge in [0.2, 0.25) is 11.8 Å². The second-order valence-corrected chi connectivity index (χ2v) is 7.32. The Hall–Kier alpha value is -2.16. The van der Waals surface area contributed by atoms with Crippen LogP contribution >= 0.6 is 15.9 Å². The molecule has 3 rings (SSSR count). The Morgan fingerprint density at radius 2 is 1.93 bits per heavy atom. The molecule has 4 nitrogen and oxygen atoms in total. The standard InChI is InChI=1S/C19H17BrF4N2O2/c20-15-3-1-2-12(18(15)21)10-17(27)26-8-6-14(7-9-26)28-16-5-4-13(11-25-16)19(22,23)24/h1-5,11,14H,6-10H2. The first-order valence-corrected chi connectivity index (χ1v) is 9.44. The third-order valence-corrected chi connectivity index (χ3v) is 5.13. The molecule has 1 aliphatic rings. The van der Waals surface area contributed by atoms with Gasteiger partial charge in [0.25, 0.3) is 0 Å². The van der Waals surface area contributed by atoms with Gasteiger partial charge in [0.1, 0.15) is 11.9 Å². The van der Waals surface area contributed by atoms with Crippen LogP contribution in [0.4, 0.5) is 17.6 Å². The largest absolute Gasteiger partial charge is 0.474 e. The summed E-state index contributed by atoms with van der Waals surface area (Å²) in [5.41, 5.74) is -0.508. The van der Waals surface area contributed by atoms with Gasteiger partial charge in [-0.3, -0.25) is 4.79 Å². The highest BCUT2D eigenvalue weighted by Gasteiger charge is 2.31. The number of nitrogens with zero attached hydrogens (tertiary/aromatic N) is 2. The highest BCUT2D eigenvalue weighted by molar-refractivity contribution is 9.10. The van der Waals surface area contributed by atoms with E-state index in [1.807, 2.05) is 0 Å². The van der Waals surface area contributed by atoms with Crippen molar-refractivity contribution in [2.45, 2.75) is 31.5 Å². The number of halogens is 5. The zero-order valence-electron chi connectivity index (χ0n) is 14.7. The van der Waals surface area contributed by atoms with E-state index in [1.165, 1.54) is 6.07 Å². The molecule has 1 fully saturated rings. The summed E-state index contributed by atoms with van der Waals surface area (Å²) in [7, 11) is 0. The maximum absolute atomic E-state index is 14.0. The minimum atomic E-state index is -4.44. The molecule has 0 aliphatic carbocycles. The molecule has 1 aromatic carbocycles. The van der Waals surface area contributed by atoms with Crippen LogP contribution in [-0.2, 0) is 17.4 Å². The molecule has 1 saturated heterocycles. The van der Waals surface area contributed by atoms with E-state index in [-0.39, 0.29) is 24.3 Å². The fraction of sp³-hybridized carbons (Fsp3) is 0.368. The number of alkyl halides is 3. The number of carbonyl (C=O) groups excluding carboxylic acids is 1. The lowest BCUT2D eigenvalue weighted by Crippen LogP contribution is -2.42. The fourth-order valence-electron chi connectivity index (χ4n) is 2.97. The Morgan fingerprint density at radius 3 is 2.54 bits per heavy atom. The Morgan fingerprint density at radius 1 is 1.21 bits per heavy atom. The zero-order chi connectivity index (χ0) is 20.3. The quantitative estimate of drug-likeness (QED) is 0.625. The van der Waals surface area contributed by atoms with Crippen LogP contribution in [0.15, 0.2) is 41.0 Å². The van der Waals surface area contributed by atoms with Gasteiger partial charge in [-0.25, -0.2) is 9.37 Å². The Balaban J connectivity index is 1.51. The van der Waals surface area contributed by atoms with E-state index < -0.39 is 17.6 Å². The number of likely N-dealkylation sites (tertiary alicyclic amines) is 1. The second kappa shape index (κ2) is 8.46. The number of aromatic nitrogens is 1. The van der Waals surface area contributed by atoms with E-state index in [2.05, 4.69) is 20.9 Å². The van der Waals surface area contributed by atoms with E-state index in [0.717, 1.165) is 12.3 Å². The highest BCUT2D eigenvalue weighted by atomic mass is 79.9. The first-order valence-electron chi connectivity index (χ1n) is 8.64. The van der Waals surface area contributed by atoms with Crippen molar-refractivity contribution in [2.75, 3.05) is 13.1 Å². The Bertz CT molecular complexity index is 835. The molecule has 28 heavy (non-hydrogen) atoms. The predicted octanol–water partition coefficient (Wildman–Crippen LogP) is 4.61. The molecule has 0 radical (unpaired) electrons. The summed E-state index contributed by atoms with van der Waals surface area (Å²) >= 11 is 3.10. The molecule has 2 heterocycles. The molecule has 0 spiro atoms. The Labute approximate surface area is 167 Å². The summed E-state index contributed by atoms with van der Waals surface area (Å²) in [6.07, 6.45) is -2.93. The zero-order valence-corrected chi connectivity index (χ0v) is 16.3. The maximum Gasteiger partial charge on any atom is 0.417 e. The summed E-state index contributed by atoms with van der Waals surface area (Å²) in [5, 5.41) is 0. The van der Waals surface area contributed by atoms with Crippen LogP contribution in [0.1, 0.15) is 24.0 Å². The monoisotopic (exact) mass is 460 g/mol. The van der Waals surface area contributed by atoms with Gasteiger partial charge in [0, 0.05) is 38.2 Å².